The van der Waals surface area contributed by atoms with Crippen molar-refractivity contribution in [3.8, 4) is 6.07 Å². The van der Waals surface area contributed by atoms with E-state index in [9.17, 15) is 14.7 Å². The highest BCUT2D eigenvalue weighted by molar-refractivity contribution is 6.10. The van der Waals surface area contributed by atoms with Gasteiger partial charge in [0, 0.05) is 18.8 Å². The van der Waals surface area contributed by atoms with Crippen LogP contribution in [0.5, 0.6) is 0 Å². The molecule has 1 heterocycles. The molecule has 26 heavy (non-hydrogen) atoms. The summed E-state index contributed by atoms with van der Waals surface area (Å²) in [5.41, 5.74) is 4.92. The number of carboxylic acid groups (broad SMARTS) is 1. The number of carbonyl (C=O) groups is 2. The molecule has 0 amide bonds. The van der Waals surface area contributed by atoms with E-state index in [1.807, 2.05) is 13.0 Å². The van der Waals surface area contributed by atoms with Crippen LogP contribution in [0.4, 0.5) is 0 Å². The largest absolute Gasteiger partial charge is 0.480 e. The van der Waals surface area contributed by atoms with Gasteiger partial charge >= 0.3 is 5.97 Å². The number of ketones is 1. The molecule has 134 valence electrons. The lowest BCUT2D eigenvalue weighted by atomic mass is 9.79. The summed E-state index contributed by atoms with van der Waals surface area (Å²) < 4.78 is 0. The minimum atomic E-state index is -2.08. The van der Waals surface area contributed by atoms with Crippen molar-refractivity contribution in [1.82, 2.24) is 9.97 Å². The molecule has 1 aromatic heterocycles. The normalized spacial score (nSPS) is 14.0. The van der Waals surface area contributed by atoms with E-state index < -0.39 is 23.2 Å². The average Bonchev–Trinajstić information content (AvgIpc) is 2.66. The summed E-state index contributed by atoms with van der Waals surface area (Å²) in [5, 5.41) is 18.5. The zero-order valence-electron chi connectivity index (χ0n) is 14.4. The van der Waals surface area contributed by atoms with Crippen molar-refractivity contribution in [3.63, 3.8) is 0 Å². The van der Waals surface area contributed by atoms with E-state index in [1.165, 1.54) is 12.4 Å². The van der Waals surface area contributed by atoms with E-state index in [1.54, 1.807) is 30.3 Å². The fraction of sp³-hybridized carbons (Fsp3) is 0.316. The fourth-order valence-electron chi connectivity index (χ4n) is 2.74. The second-order valence-corrected chi connectivity index (χ2v) is 6.09. The van der Waals surface area contributed by atoms with E-state index in [2.05, 4.69) is 9.97 Å². The van der Waals surface area contributed by atoms with Crippen LogP contribution in [0.2, 0.25) is 0 Å². The Balaban J connectivity index is 2.39. The van der Waals surface area contributed by atoms with Gasteiger partial charge in [0.1, 0.15) is 11.9 Å². The number of Topliss-reactive ketones (excluding diaryl/α,β-unsaturated/α-hetero) is 1. The first-order valence-corrected chi connectivity index (χ1v) is 8.25. The summed E-state index contributed by atoms with van der Waals surface area (Å²) in [7, 11) is 0. The zero-order valence-corrected chi connectivity index (χ0v) is 14.4. The molecule has 0 fully saturated rings. The molecule has 0 bridgehead atoms. The van der Waals surface area contributed by atoms with E-state index >= 15 is 0 Å². The molecule has 0 spiro atoms. The van der Waals surface area contributed by atoms with Crippen LogP contribution in [0.25, 0.3) is 0 Å². The number of nitrogens with two attached hydrogens (primary N) is 1. The van der Waals surface area contributed by atoms with E-state index in [4.69, 9.17) is 11.0 Å². The molecule has 0 aliphatic heterocycles. The van der Waals surface area contributed by atoms with E-state index in [0.29, 0.717) is 18.4 Å². The van der Waals surface area contributed by atoms with Crippen LogP contribution in [-0.2, 0) is 16.0 Å². The maximum atomic E-state index is 13.1. The lowest BCUT2D eigenvalue weighted by Crippen LogP contribution is -2.58. The van der Waals surface area contributed by atoms with Crippen LogP contribution in [0.15, 0.2) is 42.7 Å². The summed E-state index contributed by atoms with van der Waals surface area (Å²) in [6.07, 6.45) is 3.49. The first-order chi connectivity index (χ1) is 12.4. The fourth-order valence-corrected chi connectivity index (χ4v) is 2.74. The number of carbonyl (C=O) groups excluding carboxylic acids is 1. The number of rotatable bonds is 8. The molecular formula is C19H20N4O3. The lowest BCUT2D eigenvalue weighted by molar-refractivity contribution is -0.148. The second kappa shape index (κ2) is 8.32. The SMILES string of the molecule is CCCC(C(=O)C(N)(Cc1ccccc1)C(=O)O)c1ncc(C#N)cn1. The first kappa shape index (κ1) is 19.2. The molecule has 0 aliphatic carbocycles. The van der Waals surface area contributed by atoms with Crippen LogP contribution >= 0.6 is 0 Å². The van der Waals surface area contributed by atoms with Crippen molar-refractivity contribution in [1.29, 1.82) is 5.26 Å². The molecule has 0 saturated heterocycles. The molecule has 0 aliphatic rings. The van der Waals surface area contributed by atoms with Gasteiger partial charge in [-0.1, -0.05) is 43.7 Å². The molecule has 2 atom stereocenters. The number of hydrogen-bond acceptors (Lipinski definition) is 6. The first-order valence-electron chi connectivity index (χ1n) is 8.25. The van der Waals surface area contributed by atoms with Crippen LogP contribution in [-0.4, -0.2) is 32.4 Å². The number of aliphatic carboxylic acids is 1. The van der Waals surface area contributed by atoms with Gasteiger partial charge in [0.15, 0.2) is 11.3 Å². The average molecular weight is 352 g/mol. The number of benzene rings is 1. The van der Waals surface area contributed by atoms with Crippen molar-refractivity contribution in [2.24, 2.45) is 5.73 Å². The van der Waals surface area contributed by atoms with Crippen molar-refractivity contribution in [3.05, 3.63) is 59.7 Å². The van der Waals surface area contributed by atoms with Crippen LogP contribution in [0, 0.1) is 11.3 Å². The minimum Gasteiger partial charge on any atom is -0.480 e. The summed E-state index contributed by atoms with van der Waals surface area (Å²) >= 11 is 0. The quantitative estimate of drug-likeness (QED) is 0.693. The van der Waals surface area contributed by atoms with Crippen LogP contribution in [0.3, 0.4) is 0 Å². The summed E-state index contributed by atoms with van der Waals surface area (Å²) in [6.45, 7) is 1.88. The number of carboxylic acids is 1. The monoisotopic (exact) mass is 352 g/mol. The number of hydrogen-bond donors (Lipinski definition) is 2. The molecule has 2 aromatic rings. The number of nitrogens with zero attached hydrogens (tertiary/aromatic N) is 3. The standard InChI is InChI=1S/C19H20N4O3/c1-2-6-15(17-22-11-14(10-20)12-23-17)16(24)19(21,18(25)26)9-13-7-4-3-5-8-13/h3-5,7-8,11-12,15H,2,6,9,21H2,1H3,(H,25,26). The van der Waals surface area contributed by atoms with Crippen LogP contribution in [0.1, 0.15) is 42.6 Å². The third-order valence-corrected chi connectivity index (χ3v) is 4.15. The van der Waals surface area contributed by atoms with Crippen molar-refractivity contribution >= 4 is 11.8 Å². The van der Waals surface area contributed by atoms with Gasteiger partial charge in [-0.15, -0.1) is 0 Å². The van der Waals surface area contributed by atoms with Crippen molar-refractivity contribution in [2.75, 3.05) is 0 Å². The predicted molar refractivity (Wildman–Crippen MR) is 94.1 cm³/mol. The molecule has 0 saturated carbocycles. The highest BCUT2D eigenvalue weighted by Crippen LogP contribution is 2.26. The maximum Gasteiger partial charge on any atom is 0.331 e. The minimum absolute atomic E-state index is 0.126. The molecule has 2 rings (SSSR count). The maximum absolute atomic E-state index is 13.1. The third-order valence-electron chi connectivity index (χ3n) is 4.15. The van der Waals surface area contributed by atoms with Gasteiger partial charge < -0.3 is 10.8 Å². The highest BCUT2D eigenvalue weighted by Gasteiger charge is 2.46. The Bertz CT molecular complexity index is 815. The van der Waals surface area contributed by atoms with Gasteiger partial charge in [-0.25, -0.2) is 14.8 Å². The smallest absolute Gasteiger partial charge is 0.331 e. The van der Waals surface area contributed by atoms with Gasteiger partial charge in [-0.2, -0.15) is 5.26 Å². The molecule has 2 unspecified atom stereocenters. The number of aromatic nitrogens is 2. The Hall–Kier alpha value is -3.11. The Morgan fingerprint density at radius 1 is 1.27 bits per heavy atom. The Labute approximate surface area is 151 Å². The Kier molecular flexibility index (Phi) is 6.15. The topological polar surface area (TPSA) is 130 Å². The highest BCUT2D eigenvalue weighted by atomic mass is 16.4. The van der Waals surface area contributed by atoms with Gasteiger partial charge in [0.2, 0.25) is 0 Å². The van der Waals surface area contributed by atoms with Crippen molar-refractivity contribution in [2.45, 2.75) is 37.6 Å². The van der Waals surface area contributed by atoms with Gasteiger partial charge in [-0.05, 0) is 12.0 Å². The molecule has 3 N–H and O–H groups in total. The predicted octanol–water partition coefficient (Wildman–Crippen LogP) is 1.83. The second-order valence-electron chi connectivity index (χ2n) is 6.09. The molecular weight excluding hydrogens is 332 g/mol. The van der Waals surface area contributed by atoms with E-state index in [0.717, 1.165) is 0 Å². The number of nitriles is 1. The Morgan fingerprint density at radius 2 is 1.88 bits per heavy atom. The molecule has 1 aromatic carbocycles. The summed E-state index contributed by atoms with van der Waals surface area (Å²) in [6, 6.07) is 10.7. The Morgan fingerprint density at radius 3 is 2.38 bits per heavy atom. The molecule has 7 nitrogen and oxygen atoms in total. The van der Waals surface area contributed by atoms with E-state index in [-0.39, 0.29) is 17.8 Å². The van der Waals surface area contributed by atoms with Crippen molar-refractivity contribution < 1.29 is 14.7 Å². The molecule has 0 radical (unpaired) electrons. The zero-order chi connectivity index (χ0) is 19.2. The molecule has 7 heteroatoms. The van der Waals surface area contributed by atoms with Gasteiger partial charge in [0.25, 0.3) is 0 Å². The van der Waals surface area contributed by atoms with Gasteiger partial charge in [0.05, 0.1) is 11.5 Å². The summed E-state index contributed by atoms with van der Waals surface area (Å²) in [4.78, 5) is 33.1. The summed E-state index contributed by atoms with van der Waals surface area (Å²) in [5.74, 6) is -2.70. The van der Waals surface area contributed by atoms with Crippen LogP contribution < -0.4 is 5.73 Å². The van der Waals surface area contributed by atoms with Gasteiger partial charge in [-0.3, -0.25) is 4.79 Å². The third kappa shape index (κ3) is 4.10. The lowest BCUT2D eigenvalue weighted by Gasteiger charge is -2.27.